The zero-order valence-corrected chi connectivity index (χ0v) is 13.1. The van der Waals surface area contributed by atoms with E-state index < -0.39 is 0 Å². The molecule has 0 saturated heterocycles. The molecule has 1 heterocycles. The minimum Gasteiger partial charge on any atom is -0.493 e. The van der Waals surface area contributed by atoms with Crippen molar-refractivity contribution in [1.82, 2.24) is 9.78 Å². The molecule has 0 radical (unpaired) electrons. The third kappa shape index (κ3) is 2.56. The average molecular weight is 339 g/mol. The largest absolute Gasteiger partial charge is 0.493 e. The van der Waals surface area contributed by atoms with Gasteiger partial charge in [-0.3, -0.25) is 9.48 Å². The van der Waals surface area contributed by atoms with Crippen LogP contribution < -0.4 is 9.47 Å². The van der Waals surface area contributed by atoms with Crippen LogP contribution in [0, 0.1) is 0 Å². The summed E-state index contributed by atoms with van der Waals surface area (Å²) in [4.78, 5) is 12.6. The lowest BCUT2D eigenvalue weighted by Crippen LogP contribution is -2.11. The van der Waals surface area contributed by atoms with E-state index in [-0.39, 0.29) is 5.78 Å². The maximum atomic E-state index is 12.6. The molecule has 0 saturated carbocycles. The molecule has 0 amide bonds. The fraction of sp³-hybridized carbons (Fsp3) is 0.286. The summed E-state index contributed by atoms with van der Waals surface area (Å²) in [5.41, 5.74) is 1.05. The first-order valence-electron chi connectivity index (χ1n) is 6.10. The molecule has 0 N–H and O–H groups in total. The second-order valence-corrected chi connectivity index (χ2v) is 4.91. The van der Waals surface area contributed by atoms with Gasteiger partial charge in [0.05, 0.1) is 24.9 Å². The molecule has 0 aliphatic rings. The topological polar surface area (TPSA) is 53.4 Å². The number of carbonyl (C=O) groups is 1. The molecule has 0 unspecified atom stereocenters. The van der Waals surface area contributed by atoms with Crippen LogP contribution in [0.4, 0.5) is 0 Å². The van der Waals surface area contributed by atoms with Gasteiger partial charge in [0.15, 0.2) is 11.5 Å². The Morgan fingerprint density at radius 2 is 2.00 bits per heavy atom. The number of halogens is 1. The van der Waals surface area contributed by atoms with Gasteiger partial charge in [0.25, 0.3) is 0 Å². The molecular weight excluding hydrogens is 324 g/mol. The third-order valence-corrected chi connectivity index (χ3v) is 3.54. The van der Waals surface area contributed by atoms with Crippen molar-refractivity contribution >= 4 is 21.7 Å². The lowest BCUT2D eigenvalue weighted by Gasteiger charge is -2.10. The van der Waals surface area contributed by atoms with Crippen LogP contribution >= 0.6 is 15.9 Å². The van der Waals surface area contributed by atoms with E-state index in [9.17, 15) is 4.79 Å². The first-order valence-corrected chi connectivity index (χ1v) is 6.89. The van der Waals surface area contributed by atoms with E-state index in [0.29, 0.717) is 33.8 Å². The summed E-state index contributed by atoms with van der Waals surface area (Å²) in [6.45, 7) is 2.56. The highest BCUT2D eigenvalue weighted by molar-refractivity contribution is 9.10. The lowest BCUT2D eigenvalue weighted by molar-refractivity contribution is 0.102. The van der Waals surface area contributed by atoms with Gasteiger partial charge in [-0.2, -0.15) is 5.10 Å². The van der Waals surface area contributed by atoms with Crippen LogP contribution in [0.3, 0.4) is 0 Å². The first kappa shape index (κ1) is 14.6. The highest BCUT2D eigenvalue weighted by atomic mass is 79.9. The maximum absolute atomic E-state index is 12.6. The number of nitrogens with zero attached hydrogens (tertiary/aromatic N) is 2. The molecule has 0 fully saturated rings. The maximum Gasteiger partial charge on any atom is 0.212 e. The quantitative estimate of drug-likeness (QED) is 0.786. The summed E-state index contributed by atoms with van der Waals surface area (Å²) in [7, 11) is 3.10. The number of hydrogen-bond acceptors (Lipinski definition) is 4. The number of methoxy groups -OCH3 is 2. The van der Waals surface area contributed by atoms with Crippen molar-refractivity contribution in [3.05, 3.63) is 40.1 Å². The van der Waals surface area contributed by atoms with Gasteiger partial charge in [-0.05, 0) is 41.1 Å². The summed E-state index contributed by atoms with van der Waals surface area (Å²) in [5, 5.41) is 4.15. The number of aryl methyl sites for hydroxylation is 1. The van der Waals surface area contributed by atoms with Gasteiger partial charge >= 0.3 is 0 Å². The molecule has 1 aromatic heterocycles. The lowest BCUT2D eigenvalue weighted by atomic mass is 10.1. The molecule has 6 heteroatoms. The average Bonchev–Trinajstić information content (AvgIpc) is 2.86. The van der Waals surface area contributed by atoms with Crippen LogP contribution in [0.5, 0.6) is 11.5 Å². The molecule has 1 aromatic carbocycles. The van der Waals surface area contributed by atoms with Crippen LogP contribution in [0.2, 0.25) is 0 Å². The summed E-state index contributed by atoms with van der Waals surface area (Å²) >= 11 is 3.36. The summed E-state index contributed by atoms with van der Waals surface area (Å²) < 4.78 is 12.7. The van der Waals surface area contributed by atoms with Gasteiger partial charge in [-0.1, -0.05) is 0 Å². The minimum atomic E-state index is -0.114. The molecule has 0 aliphatic heterocycles. The minimum absolute atomic E-state index is 0.114. The van der Waals surface area contributed by atoms with Crippen molar-refractivity contribution < 1.29 is 14.3 Å². The Hall–Kier alpha value is -1.82. The van der Waals surface area contributed by atoms with Crippen LogP contribution in [0.25, 0.3) is 0 Å². The van der Waals surface area contributed by atoms with Gasteiger partial charge in [-0.25, -0.2) is 0 Å². The van der Waals surface area contributed by atoms with Crippen LogP contribution in [0.1, 0.15) is 23.0 Å². The summed E-state index contributed by atoms with van der Waals surface area (Å²) in [6, 6.07) is 5.09. The van der Waals surface area contributed by atoms with Crippen molar-refractivity contribution in [3.63, 3.8) is 0 Å². The van der Waals surface area contributed by atoms with E-state index in [1.54, 1.807) is 43.3 Å². The molecule has 20 heavy (non-hydrogen) atoms. The monoisotopic (exact) mass is 338 g/mol. The Bertz CT molecular complexity index is 637. The summed E-state index contributed by atoms with van der Waals surface area (Å²) in [6.07, 6.45) is 1.62. The smallest absolute Gasteiger partial charge is 0.212 e. The van der Waals surface area contributed by atoms with Crippen LogP contribution in [0.15, 0.2) is 28.9 Å². The van der Waals surface area contributed by atoms with Crippen LogP contribution in [-0.4, -0.2) is 29.8 Å². The zero-order valence-electron chi connectivity index (χ0n) is 11.5. The standard InChI is InChI=1S/C14H15BrN2O3/c1-4-17-13(10(15)8-16-17)14(18)9-5-6-11(19-2)12(7-9)20-3/h5-8H,4H2,1-3H3. The SMILES string of the molecule is CCn1ncc(Br)c1C(=O)c1ccc(OC)c(OC)c1. The second kappa shape index (κ2) is 6.09. The van der Waals surface area contributed by atoms with E-state index in [4.69, 9.17) is 9.47 Å². The van der Waals surface area contributed by atoms with Crippen LogP contribution in [-0.2, 0) is 6.54 Å². The summed E-state index contributed by atoms with van der Waals surface area (Å²) in [5.74, 6) is 1.00. The van der Waals surface area contributed by atoms with E-state index in [1.165, 1.54) is 0 Å². The Morgan fingerprint density at radius 1 is 1.30 bits per heavy atom. The number of ketones is 1. The molecular formula is C14H15BrN2O3. The zero-order chi connectivity index (χ0) is 14.7. The fourth-order valence-corrected chi connectivity index (χ4v) is 2.42. The van der Waals surface area contributed by atoms with E-state index in [2.05, 4.69) is 21.0 Å². The van der Waals surface area contributed by atoms with Crippen molar-refractivity contribution in [1.29, 1.82) is 0 Å². The second-order valence-electron chi connectivity index (χ2n) is 4.06. The third-order valence-electron chi connectivity index (χ3n) is 2.96. The number of rotatable bonds is 5. The van der Waals surface area contributed by atoms with Gasteiger partial charge in [-0.15, -0.1) is 0 Å². The number of carbonyl (C=O) groups excluding carboxylic acids is 1. The molecule has 5 nitrogen and oxygen atoms in total. The number of aromatic nitrogens is 2. The van der Waals surface area contributed by atoms with Gasteiger partial charge in [0, 0.05) is 12.1 Å². The first-order chi connectivity index (χ1) is 9.62. The Morgan fingerprint density at radius 3 is 2.60 bits per heavy atom. The van der Waals surface area contributed by atoms with E-state index in [0.717, 1.165) is 0 Å². The molecule has 0 bridgehead atoms. The van der Waals surface area contributed by atoms with Gasteiger partial charge in [0.1, 0.15) is 5.69 Å². The highest BCUT2D eigenvalue weighted by Gasteiger charge is 2.19. The molecule has 0 aliphatic carbocycles. The predicted molar refractivity (Wildman–Crippen MR) is 78.6 cm³/mol. The highest BCUT2D eigenvalue weighted by Crippen LogP contribution is 2.29. The van der Waals surface area contributed by atoms with E-state index >= 15 is 0 Å². The molecule has 0 spiro atoms. The number of benzene rings is 1. The number of ether oxygens (including phenoxy) is 2. The molecule has 106 valence electrons. The molecule has 0 atom stereocenters. The normalized spacial score (nSPS) is 10.4. The molecule has 2 rings (SSSR count). The van der Waals surface area contributed by atoms with Gasteiger partial charge in [0.2, 0.25) is 5.78 Å². The Kier molecular flexibility index (Phi) is 4.44. The van der Waals surface area contributed by atoms with Crippen molar-refractivity contribution in [2.45, 2.75) is 13.5 Å². The van der Waals surface area contributed by atoms with Crippen molar-refractivity contribution in [2.24, 2.45) is 0 Å². The molecule has 2 aromatic rings. The Balaban J connectivity index is 2.45. The van der Waals surface area contributed by atoms with Crippen molar-refractivity contribution in [2.75, 3.05) is 14.2 Å². The predicted octanol–water partition coefficient (Wildman–Crippen LogP) is 2.91. The Labute approximate surface area is 125 Å². The van der Waals surface area contributed by atoms with Crippen molar-refractivity contribution in [3.8, 4) is 11.5 Å². The number of hydrogen-bond donors (Lipinski definition) is 0. The van der Waals surface area contributed by atoms with Gasteiger partial charge < -0.3 is 9.47 Å². The fourth-order valence-electron chi connectivity index (χ4n) is 1.94. The van der Waals surface area contributed by atoms with E-state index in [1.807, 2.05) is 6.92 Å².